The number of likely N-dealkylation sites (tertiary alicyclic amines) is 1. The fourth-order valence-electron chi connectivity index (χ4n) is 3.89. The van der Waals surface area contributed by atoms with Crippen LogP contribution >= 0.6 is 0 Å². The van der Waals surface area contributed by atoms with Gasteiger partial charge < -0.3 is 30.9 Å². The summed E-state index contributed by atoms with van der Waals surface area (Å²) in [7, 11) is 0. The van der Waals surface area contributed by atoms with Crippen molar-refractivity contribution in [2.75, 3.05) is 11.9 Å². The van der Waals surface area contributed by atoms with Gasteiger partial charge in [-0.2, -0.15) is 0 Å². The van der Waals surface area contributed by atoms with Crippen molar-refractivity contribution < 1.29 is 34.5 Å². The highest BCUT2D eigenvalue weighted by Crippen LogP contribution is 2.29. The zero-order valence-corrected chi connectivity index (χ0v) is 18.8. The van der Waals surface area contributed by atoms with Gasteiger partial charge in [0.25, 0.3) is 5.91 Å². The van der Waals surface area contributed by atoms with Crippen LogP contribution in [-0.4, -0.2) is 62.5 Å². The van der Waals surface area contributed by atoms with Crippen LogP contribution in [0.4, 0.5) is 5.69 Å². The van der Waals surface area contributed by atoms with E-state index < -0.39 is 41.5 Å². The summed E-state index contributed by atoms with van der Waals surface area (Å²) in [5, 5.41) is 34.0. The Hall–Kier alpha value is -4.08. The summed E-state index contributed by atoms with van der Waals surface area (Å²) in [6, 6.07) is 7.67. The molecule has 0 spiro atoms. The van der Waals surface area contributed by atoms with E-state index in [1.54, 1.807) is 13.8 Å². The van der Waals surface area contributed by atoms with Gasteiger partial charge in [-0.15, -0.1) is 0 Å². The number of aromatic carboxylic acids is 1. The first-order valence-electron chi connectivity index (χ1n) is 10.9. The summed E-state index contributed by atoms with van der Waals surface area (Å²) in [4.78, 5) is 51.9. The molecular weight excluding hydrogens is 442 g/mol. The van der Waals surface area contributed by atoms with Crippen molar-refractivity contribution in [3.05, 3.63) is 53.6 Å². The fourth-order valence-corrected chi connectivity index (χ4v) is 3.89. The number of carboxylic acids is 1. The van der Waals surface area contributed by atoms with Gasteiger partial charge in [-0.3, -0.25) is 14.4 Å². The van der Waals surface area contributed by atoms with Crippen LogP contribution in [0.15, 0.2) is 42.5 Å². The van der Waals surface area contributed by atoms with Gasteiger partial charge in [0.15, 0.2) is 0 Å². The number of phenolic OH excluding ortho intramolecular Hbond substituents is 2. The van der Waals surface area contributed by atoms with E-state index in [4.69, 9.17) is 0 Å². The molecule has 34 heavy (non-hydrogen) atoms. The van der Waals surface area contributed by atoms with E-state index in [1.165, 1.54) is 47.4 Å². The van der Waals surface area contributed by atoms with Crippen molar-refractivity contribution in [2.45, 2.75) is 38.8 Å². The number of hydrogen-bond donors (Lipinski definition) is 5. The average molecular weight is 469 g/mol. The molecule has 3 amide bonds. The van der Waals surface area contributed by atoms with E-state index in [2.05, 4.69) is 10.6 Å². The quantitative estimate of drug-likeness (QED) is 0.389. The number of rotatable bonds is 7. The summed E-state index contributed by atoms with van der Waals surface area (Å²) in [5.74, 6) is -3.54. The zero-order chi connectivity index (χ0) is 25.0. The molecule has 1 aliphatic rings. The van der Waals surface area contributed by atoms with Gasteiger partial charge in [-0.25, -0.2) is 4.79 Å². The Morgan fingerprint density at radius 3 is 2.32 bits per heavy atom. The third-order valence-corrected chi connectivity index (χ3v) is 5.71. The van der Waals surface area contributed by atoms with Crippen LogP contribution in [0.2, 0.25) is 0 Å². The number of anilines is 1. The molecule has 1 saturated heterocycles. The molecule has 2 atom stereocenters. The molecule has 0 bridgehead atoms. The van der Waals surface area contributed by atoms with Gasteiger partial charge in [0.1, 0.15) is 23.6 Å². The van der Waals surface area contributed by atoms with Gasteiger partial charge in [0.05, 0.1) is 11.3 Å². The molecule has 2 aromatic carbocycles. The number of amides is 3. The van der Waals surface area contributed by atoms with Crippen LogP contribution in [0.25, 0.3) is 0 Å². The molecule has 1 aliphatic heterocycles. The molecule has 10 nitrogen and oxygen atoms in total. The lowest BCUT2D eigenvalue weighted by Crippen LogP contribution is -2.54. The van der Waals surface area contributed by atoms with Gasteiger partial charge in [-0.05, 0) is 55.2 Å². The molecule has 0 unspecified atom stereocenters. The zero-order valence-electron chi connectivity index (χ0n) is 18.8. The van der Waals surface area contributed by atoms with Gasteiger partial charge >= 0.3 is 5.97 Å². The number of nitrogens with zero attached hydrogens (tertiary/aromatic N) is 1. The van der Waals surface area contributed by atoms with E-state index >= 15 is 0 Å². The predicted octanol–water partition coefficient (Wildman–Crippen LogP) is 2.18. The van der Waals surface area contributed by atoms with Crippen molar-refractivity contribution in [3.63, 3.8) is 0 Å². The first-order chi connectivity index (χ1) is 16.1. The maximum Gasteiger partial charge on any atom is 0.337 e. The highest BCUT2D eigenvalue weighted by Gasteiger charge is 2.39. The Balaban J connectivity index is 1.77. The molecule has 1 heterocycles. The highest BCUT2D eigenvalue weighted by molar-refractivity contribution is 6.05. The van der Waals surface area contributed by atoms with Crippen LogP contribution in [0.3, 0.4) is 0 Å². The van der Waals surface area contributed by atoms with Crippen molar-refractivity contribution >= 4 is 29.4 Å². The maximum atomic E-state index is 13.4. The van der Waals surface area contributed by atoms with Crippen molar-refractivity contribution in [1.29, 1.82) is 0 Å². The number of para-hydroxylation sites is 1. The molecular formula is C24H27N3O7. The average Bonchev–Trinajstić information content (AvgIpc) is 3.28. The molecule has 10 heteroatoms. The van der Waals surface area contributed by atoms with Gasteiger partial charge in [0.2, 0.25) is 11.8 Å². The standard InChI is InChI=1S/C24H27N3O7/c1-13(2)19(25-21(30)14-8-10-15(28)11-9-14)23(32)27-12-4-6-17(27)22(31)26-20-16(24(33)34)5-3-7-18(20)29/h3,5,7-11,13,17,19,28-29H,4,6,12H2,1-2H3,(H,25,30)(H,26,31)(H,33,34)/t17-,19-/m0/s1. The molecule has 0 aliphatic carbocycles. The number of carbonyl (C=O) groups excluding carboxylic acids is 3. The number of phenols is 2. The third-order valence-electron chi connectivity index (χ3n) is 5.71. The smallest absolute Gasteiger partial charge is 0.337 e. The topological polar surface area (TPSA) is 156 Å². The van der Waals surface area contributed by atoms with Crippen molar-refractivity contribution in [1.82, 2.24) is 10.2 Å². The number of nitrogens with one attached hydrogen (secondary N) is 2. The predicted molar refractivity (Wildman–Crippen MR) is 123 cm³/mol. The lowest BCUT2D eigenvalue weighted by molar-refractivity contribution is -0.139. The number of carboxylic acid groups (broad SMARTS) is 1. The molecule has 0 saturated carbocycles. The molecule has 1 fully saturated rings. The van der Waals surface area contributed by atoms with E-state index in [0.717, 1.165) is 0 Å². The summed E-state index contributed by atoms with van der Waals surface area (Å²) < 4.78 is 0. The Kier molecular flexibility index (Phi) is 7.40. The molecule has 0 aromatic heterocycles. The lowest BCUT2D eigenvalue weighted by atomic mass is 10.0. The van der Waals surface area contributed by atoms with E-state index in [1.807, 2.05) is 0 Å². The monoisotopic (exact) mass is 469 g/mol. The summed E-state index contributed by atoms with van der Waals surface area (Å²) in [6.07, 6.45) is 0.900. The molecule has 3 rings (SSSR count). The summed E-state index contributed by atoms with van der Waals surface area (Å²) in [5.41, 5.74) is -0.237. The lowest BCUT2D eigenvalue weighted by Gasteiger charge is -2.30. The largest absolute Gasteiger partial charge is 0.508 e. The Bertz CT molecular complexity index is 1100. The minimum atomic E-state index is -1.32. The normalized spacial score (nSPS) is 16.2. The van der Waals surface area contributed by atoms with E-state index in [-0.39, 0.29) is 28.5 Å². The Morgan fingerprint density at radius 2 is 1.71 bits per heavy atom. The van der Waals surface area contributed by atoms with E-state index in [9.17, 15) is 34.5 Å². The minimum Gasteiger partial charge on any atom is -0.508 e. The van der Waals surface area contributed by atoms with Crippen LogP contribution in [0, 0.1) is 5.92 Å². The SMILES string of the molecule is CC(C)[C@H](NC(=O)c1ccc(O)cc1)C(=O)N1CCC[C@H]1C(=O)Nc1c(O)cccc1C(=O)O. The highest BCUT2D eigenvalue weighted by atomic mass is 16.4. The second kappa shape index (κ2) is 10.2. The number of benzene rings is 2. The van der Waals surface area contributed by atoms with Gasteiger partial charge in [-0.1, -0.05) is 19.9 Å². The third kappa shape index (κ3) is 5.28. The maximum absolute atomic E-state index is 13.4. The Morgan fingerprint density at radius 1 is 1.03 bits per heavy atom. The summed E-state index contributed by atoms with van der Waals surface area (Å²) >= 11 is 0. The minimum absolute atomic E-state index is 0.00876. The molecule has 5 N–H and O–H groups in total. The summed E-state index contributed by atoms with van der Waals surface area (Å²) in [6.45, 7) is 3.83. The molecule has 0 radical (unpaired) electrons. The Labute approximate surface area is 196 Å². The second-order valence-electron chi connectivity index (χ2n) is 8.43. The first-order valence-corrected chi connectivity index (χ1v) is 10.9. The van der Waals surface area contributed by atoms with Crippen LogP contribution < -0.4 is 10.6 Å². The molecule has 180 valence electrons. The van der Waals surface area contributed by atoms with Crippen LogP contribution in [0.5, 0.6) is 11.5 Å². The van der Waals surface area contributed by atoms with Crippen molar-refractivity contribution in [3.8, 4) is 11.5 Å². The molecule has 2 aromatic rings. The van der Waals surface area contributed by atoms with Crippen LogP contribution in [0.1, 0.15) is 47.4 Å². The number of aromatic hydroxyl groups is 2. The van der Waals surface area contributed by atoms with Crippen LogP contribution in [-0.2, 0) is 9.59 Å². The number of carbonyl (C=O) groups is 4. The second-order valence-corrected chi connectivity index (χ2v) is 8.43. The van der Waals surface area contributed by atoms with Crippen molar-refractivity contribution in [2.24, 2.45) is 5.92 Å². The fraction of sp³-hybridized carbons (Fsp3) is 0.333. The first kappa shape index (κ1) is 24.6. The van der Waals surface area contributed by atoms with Gasteiger partial charge in [0, 0.05) is 12.1 Å². The van der Waals surface area contributed by atoms with E-state index in [0.29, 0.717) is 19.4 Å². The number of hydrogen-bond acceptors (Lipinski definition) is 6.